The van der Waals surface area contributed by atoms with Crippen LogP contribution in [0.5, 0.6) is 11.5 Å². The molecule has 0 spiro atoms. The van der Waals surface area contributed by atoms with E-state index in [9.17, 15) is 9.59 Å². The van der Waals surface area contributed by atoms with Crippen LogP contribution in [0.25, 0.3) is 11.3 Å². The molecular formula is C25H26N4O4. The number of aromatic nitrogens is 2. The molecule has 0 radical (unpaired) electrons. The molecule has 0 aliphatic carbocycles. The number of ether oxygens (including phenoxy) is 2. The van der Waals surface area contributed by atoms with Crippen molar-refractivity contribution in [3.05, 3.63) is 65.0 Å². The van der Waals surface area contributed by atoms with Crippen LogP contribution in [0.2, 0.25) is 0 Å². The fraction of sp³-hybridized carbons (Fsp3) is 0.320. The molecule has 3 heterocycles. The molecule has 170 valence electrons. The van der Waals surface area contributed by atoms with Crippen LogP contribution in [0, 0.1) is 0 Å². The van der Waals surface area contributed by atoms with Crippen LogP contribution in [0.15, 0.2) is 59.4 Å². The highest BCUT2D eigenvalue weighted by atomic mass is 16.6. The summed E-state index contributed by atoms with van der Waals surface area (Å²) in [4.78, 5) is 27.3. The van der Waals surface area contributed by atoms with E-state index < -0.39 is 0 Å². The number of benzene rings is 2. The van der Waals surface area contributed by atoms with Crippen LogP contribution in [-0.4, -0.2) is 42.0 Å². The zero-order chi connectivity index (χ0) is 22.6. The summed E-state index contributed by atoms with van der Waals surface area (Å²) >= 11 is 0. The molecular weight excluding hydrogens is 420 g/mol. The Balaban J connectivity index is 1.28. The first-order chi connectivity index (χ1) is 16.2. The van der Waals surface area contributed by atoms with Crippen LogP contribution in [0.3, 0.4) is 0 Å². The lowest BCUT2D eigenvalue weighted by Crippen LogP contribution is -2.29. The van der Waals surface area contributed by atoms with Crippen LogP contribution in [0.4, 0.5) is 11.4 Å². The third-order valence-corrected chi connectivity index (χ3v) is 5.87. The number of nitrogens with zero attached hydrogens (tertiary/aromatic N) is 3. The standard InChI is InChI=1S/C25H26N4O4/c30-24(26-19-6-10-22-23(16-19)33-15-14-32-22)17-29-25(31)11-9-21(27-29)18-4-7-20(8-5-18)28-12-2-1-3-13-28/h4-11,16H,1-3,12-15,17H2,(H,26,30). The van der Waals surface area contributed by atoms with Crippen molar-refractivity contribution in [2.24, 2.45) is 0 Å². The molecule has 0 bridgehead atoms. The predicted molar refractivity (Wildman–Crippen MR) is 126 cm³/mol. The van der Waals surface area contributed by atoms with Gasteiger partial charge in [-0.1, -0.05) is 12.1 Å². The van der Waals surface area contributed by atoms with E-state index in [1.807, 2.05) is 12.1 Å². The Morgan fingerprint density at radius 1 is 0.909 bits per heavy atom. The van der Waals surface area contributed by atoms with Gasteiger partial charge in [-0.2, -0.15) is 5.10 Å². The Labute approximate surface area is 191 Å². The average Bonchev–Trinajstić information content (AvgIpc) is 2.86. The molecule has 2 aromatic carbocycles. The first-order valence-electron chi connectivity index (χ1n) is 11.3. The molecule has 8 nitrogen and oxygen atoms in total. The highest BCUT2D eigenvalue weighted by Crippen LogP contribution is 2.32. The van der Waals surface area contributed by atoms with E-state index in [1.54, 1.807) is 24.3 Å². The quantitative estimate of drug-likeness (QED) is 0.647. The number of carbonyl (C=O) groups excluding carboxylic acids is 1. The molecule has 1 N–H and O–H groups in total. The van der Waals surface area contributed by atoms with Gasteiger partial charge in [-0.05, 0) is 49.6 Å². The summed E-state index contributed by atoms with van der Waals surface area (Å²) in [5, 5.41) is 7.21. The first-order valence-corrected chi connectivity index (χ1v) is 11.3. The minimum Gasteiger partial charge on any atom is -0.486 e. The second kappa shape index (κ2) is 9.36. The number of anilines is 2. The average molecular weight is 447 g/mol. The molecule has 3 aromatic rings. The Hall–Kier alpha value is -3.81. The van der Waals surface area contributed by atoms with Crippen LogP contribution in [0.1, 0.15) is 19.3 Å². The van der Waals surface area contributed by atoms with Crippen molar-refractivity contribution in [3.63, 3.8) is 0 Å². The molecule has 0 atom stereocenters. The fourth-order valence-corrected chi connectivity index (χ4v) is 4.17. The van der Waals surface area contributed by atoms with E-state index >= 15 is 0 Å². The molecule has 0 unspecified atom stereocenters. The number of hydrogen-bond donors (Lipinski definition) is 1. The van der Waals surface area contributed by atoms with Crippen molar-refractivity contribution in [2.75, 3.05) is 36.5 Å². The number of carbonyl (C=O) groups is 1. The van der Waals surface area contributed by atoms with Gasteiger partial charge in [-0.25, -0.2) is 4.68 Å². The maximum atomic E-state index is 12.6. The molecule has 1 amide bonds. The summed E-state index contributed by atoms with van der Waals surface area (Å²) in [7, 11) is 0. The van der Waals surface area contributed by atoms with Gasteiger partial charge in [0.25, 0.3) is 5.56 Å². The second-order valence-electron chi connectivity index (χ2n) is 8.22. The Morgan fingerprint density at radius 3 is 2.45 bits per heavy atom. The molecule has 1 aromatic heterocycles. The maximum absolute atomic E-state index is 12.6. The van der Waals surface area contributed by atoms with Crippen molar-refractivity contribution in [1.82, 2.24) is 9.78 Å². The molecule has 0 saturated carbocycles. The van der Waals surface area contributed by atoms with Crippen molar-refractivity contribution in [2.45, 2.75) is 25.8 Å². The molecule has 2 aliphatic rings. The van der Waals surface area contributed by atoms with Gasteiger partial charge >= 0.3 is 0 Å². The minimum atomic E-state index is -0.348. The van der Waals surface area contributed by atoms with E-state index in [0.29, 0.717) is 36.1 Å². The summed E-state index contributed by atoms with van der Waals surface area (Å²) in [6.07, 6.45) is 3.74. The second-order valence-corrected chi connectivity index (χ2v) is 8.22. The molecule has 5 rings (SSSR count). The Kier molecular flexibility index (Phi) is 5.97. The maximum Gasteiger partial charge on any atom is 0.267 e. The SMILES string of the molecule is O=C(Cn1nc(-c2ccc(N3CCCCC3)cc2)ccc1=O)Nc1ccc2c(c1)OCCO2. The van der Waals surface area contributed by atoms with Crippen molar-refractivity contribution in [3.8, 4) is 22.8 Å². The van der Waals surface area contributed by atoms with Crippen molar-refractivity contribution < 1.29 is 14.3 Å². The minimum absolute atomic E-state index is 0.188. The number of piperidine rings is 1. The molecule has 1 saturated heterocycles. The number of amides is 1. The van der Waals surface area contributed by atoms with Crippen LogP contribution < -0.4 is 25.2 Å². The largest absolute Gasteiger partial charge is 0.486 e. The van der Waals surface area contributed by atoms with Crippen molar-refractivity contribution >= 4 is 17.3 Å². The Morgan fingerprint density at radius 2 is 1.67 bits per heavy atom. The lowest BCUT2D eigenvalue weighted by Gasteiger charge is -2.28. The normalized spacial score (nSPS) is 15.2. The van der Waals surface area contributed by atoms with E-state index in [4.69, 9.17) is 9.47 Å². The third kappa shape index (κ3) is 4.84. The number of fused-ring (bicyclic) bond motifs is 1. The van der Waals surface area contributed by atoms with Gasteiger partial charge in [0.15, 0.2) is 11.5 Å². The number of nitrogens with one attached hydrogen (secondary N) is 1. The highest BCUT2D eigenvalue weighted by Gasteiger charge is 2.14. The van der Waals surface area contributed by atoms with Gasteiger partial charge in [-0.15, -0.1) is 0 Å². The molecule has 2 aliphatic heterocycles. The van der Waals surface area contributed by atoms with Gasteiger partial charge in [0, 0.05) is 42.2 Å². The van der Waals surface area contributed by atoms with Crippen LogP contribution in [-0.2, 0) is 11.3 Å². The summed E-state index contributed by atoms with van der Waals surface area (Å²) in [6, 6.07) is 16.5. The van der Waals surface area contributed by atoms with E-state index in [2.05, 4.69) is 27.4 Å². The summed E-state index contributed by atoms with van der Waals surface area (Å²) in [6.45, 7) is 2.95. The number of rotatable bonds is 5. The summed E-state index contributed by atoms with van der Waals surface area (Å²) < 4.78 is 12.2. The summed E-state index contributed by atoms with van der Waals surface area (Å²) in [5.41, 5.74) is 2.98. The van der Waals surface area contributed by atoms with E-state index in [-0.39, 0.29) is 18.0 Å². The zero-order valence-electron chi connectivity index (χ0n) is 18.3. The lowest BCUT2D eigenvalue weighted by atomic mass is 10.1. The fourth-order valence-electron chi connectivity index (χ4n) is 4.17. The molecule has 1 fully saturated rings. The smallest absolute Gasteiger partial charge is 0.267 e. The van der Waals surface area contributed by atoms with Gasteiger partial charge in [0.1, 0.15) is 19.8 Å². The van der Waals surface area contributed by atoms with Gasteiger partial charge in [0.2, 0.25) is 5.91 Å². The van der Waals surface area contributed by atoms with Gasteiger partial charge in [-0.3, -0.25) is 9.59 Å². The van der Waals surface area contributed by atoms with Crippen LogP contribution >= 0.6 is 0 Å². The third-order valence-electron chi connectivity index (χ3n) is 5.87. The van der Waals surface area contributed by atoms with E-state index in [0.717, 1.165) is 18.7 Å². The number of hydrogen-bond acceptors (Lipinski definition) is 6. The first kappa shape index (κ1) is 21.1. The van der Waals surface area contributed by atoms with Gasteiger partial charge < -0.3 is 19.7 Å². The van der Waals surface area contributed by atoms with E-state index in [1.165, 1.54) is 35.7 Å². The highest BCUT2D eigenvalue weighted by molar-refractivity contribution is 5.90. The zero-order valence-corrected chi connectivity index (χ0v) is 18.3. The Bertz CT molecular complexity index is 1200. The molecule has 8 heteroatoms. The molecule has 33 heavy (non-hydrogen) atoms. The topological polar surface area (TPSA) is 85.7 Å². The lowest BCUT2D eigenvalue weighted by molar-refractivity contribution is -0.117. The monoisotopic (exact) mass is 446 g/mol. The summed E-state index contributed by atoms with van der Waals surface area (Å²) in [5.74, 6) is 0.888. The van der Waals surface area contributed by atoms with Gasteiger partial charge in [0.05, 0.1) is 5.69 Å². The van der Waals surface area contributed by atoms with Crippen molar-refractivity contribution in [1.29, 1.82) is 0 Å². The predicted octanol–water partition coefficient (Wildman–Crippen LogP) is 3.31.